The maximum Gasteiger partial charge on any atom is 0.266 e. The molecule has 0 bridgehead atoms. The van der Waals surface area contributed by atoms with Gasteiger partial charge in [-0.3, -0.25) is 9.69 Å². The summed E-state index contributed by atoms with van der Waals surface area (Å²) in [4.78, 5) is 17.2. The maximum absolute atomic E-state index is 12.5. The van der Waals surface area contributed by atoms with Gasteiger partial charge in [-0.1, -0.05) is 48.3 Å². The molecule has 1 aromatic rings. The summed E-state index contributed by atoms with van der Waals surface area (Å²) in [6, 6.07) is 8.52. The normalized spacial score (nSPS) is 19.1. The molecule has 4 nitrogen and oxygen atoms in total. The number of allylic oxidation sites excluding steroid dienone is 4. The summed E-state index contributed by atoms with van der Waals surface area (Å²) < 4.78 is 1.82. The van der Waals surface area contributed by atoms with E-state index in [0.717, 1.165) is 18.5 Å². The zero-order valence-electron chi connectivity index (χ0n) is 19.1. The zero-order valence-corrected chi connectivity index (χ0v) is 20.8. The van der Waals surface area contributed by atoms with Crippen LogP contribution in [-0.2, 0) is 4.79 Å². The Morgan fingerprint density at radius 2 is 1.77 bits per heavy atom. The van der Waals surface area contributed by atoms with E-state index >= 15 is 0 Å². The van der Waals surface area contributed by atoms with Crippen molar-refractivity contribution >= 4 is 45.5 Å². The van der Waals surface area contributed by atoms with E-state index in [1.54, 1.807) is 4.90 Å². The molecule has 0 aromatic heterocycles. The molecule has 6 heteroatoms. The number of amides is 1. The minimum absolute atomic E-state index is 0.00781. The number of carbonyl (C=O) groups excluding carboxylic acids is 1. The van der Waals surface area contributed by atoms with Crippen LogP contribution in [0.5, 0.6) is 0 Å². The fourth-order valence-electron chi connectivity index (χ4n) is 4.32. The molecule has 0 aliphatic carbocycles. The SMILES string of the molecule is CCN1C(=O)/C(=C/C=C2\C=CN(CCC[N+](CC)(CC)CC)c3ccccc32)SC1=S. The lowest BCUT2D eigenvalue weighted by atomic mass is 9.99. The largest absolute Gasteiger partial charge is 0.347 e. The first-order valence-corrected chi connectivity index (χ1v) is 12.6. The molecule has 2 aliphatic rings. The molecule has 31 heavy (non-hydrogen) atoms. The van der Waals surface area contributed by atoms with Crippen LogP contribution in [0.25, 0.3) is 5.57 Å². The number of nitrogens with zero attached hydrogens (tertiary/aromatic N) is 3. The summed E-state index contributed by atoms with van der Waals surface area (Å²) in [7, 11) is 0. The first-order chi connectivity index (χ1) is 15.0. The summed E-state index contributed by atoms with van der Waals surface area (Å²) in [5, 5.41) is 0. The zero-order chi connectivity index (χ0) is 22.4. The third-order valence-corrected chi connectivity index (χ3v) is 8.00. The van der Waals surface area contributed by atoms with E-state index in [-0.39, 0.29) is 5.91 Å². The van der Waals surface area contributed by atoms with Crippen molar-refractivity contribution in [3.8, 4) is 0 Å². The van der Waals surface area contributed by atoms with Crippen LogP contribution in [0, 0.1) is 0 Å². The van der Waals surface area contributed by atoms with E-state index in [1.165, 1.54) is 53.7 Å². The van der Waals surface area contributed by atoms with Gasteiger partial charge in [0.05, 0.1) is 31.1 Å². The van der Waals surface area contributed by atoms with Crippen molar-refractivity contribution in [1.29, 1.82) is 0 Å². The van der Waals surface area contributed by atoms with E-state index in [9.17, 15) is 4.79 Å². The number of benzene rings is 1. The fourth-order valence-corrected chi connectivity index (χ4v) is 5.65. The number of anilines is 1. The Kier molecular flexibility index (Phi) is 8.14. The van der Waals surface area contributed by atoms with E-state index in [0.29, 0.717) is 15.8 Å². The first-order valence-electron chi connectivity index (χ1n) is 11.3. The van der Waals surface area contributed by atoms with Crippen molar-refractivity contribution in [3.63, 3.8) is 0 Å². The number of fused-ring (bicyclic) bond motifs is 1. The second-order valence-electron chi connectivity index (χ2n) is 7.96. The molecule has 0 spiro atoms. The highest BCUT2D eigenvalue weighted by Crippen LogP contribution is 2.35. The molecule has 1 fully saturated rings. The van der Waals surface area contributed by atoms with Crippen LogP contribution in [0.3, 0.4) is 0 Å². The number of para-hydroxylation sites is 1. The lowest BCUT2D eigenvalue weighted by molar-refractivity contribution is -0.923. The summed E-state index contributed by atoms with van der Waals surface area (Å²) in [5.74, 6) is 0.00781. The van der Waals surface area contributed by atoms with Gasteiger partial charge in [0.15, 0.2) is 0 Å². The smallest absolute Gasteiger partial charge is 0.266 e. The molecule has 166 valence electrons. The molecule has 1 aromatic carbocycles. The van der Waals surface area contributed by atoms with Crippen molar-refractivity contribution < 1.29 is 9.28 Å². The highest BCUT2D eigenvalue weighted by molar-refractivity contribution is 8.26. The molecule has 2 aliphatic heterocycles. The third kappa shape index (κ3) is 5.13. The Balaban J connectivity index is 1.76. The lowest BCUT2D eigenvalue weighted by Gasteiger charge is -2.37. The van der Waals surface area contributed by atoms with Crippen LogP contribution in [0.4, 0.5) is 5.69 Å². The molecule has 0 unspecified atom stereocenters. The number of thiocarbonyl (C=S) groups is 1. The Bertz CT molecular complexity index is 907. The summed E-state index contributed by atoms with van der Waals surface area (Å²) >= 11 is 6.70. The van der Waals surface area contributed by atoms with Crippen LogP contribution in [-0.4, -0.2) is 58.9 Å². The summed E-state index contributed by atoms with van der Waals surface area (Å²) in [6.07, 6.45) is 9.45. The second-order valence-corrected chi connectivity index (χ2v) is 9.64. The molecular formula is C25H34N3OS2+. The van der Waals surface area contributed by atoms with Gasteiger partial charge in [0.1, 0.15) is 4.32 Å². The Morgan fingerprint density at radius 3 is 2.42 bits per heavy atom. The van der Waals surface area contributed by atoms with Gasteiger partial charge >= 0.3 is 0 Å². The fraction of sp³-hybridized carbons (Fsp3) is 0.440. The number of likely N-dealkylation sites (N-methyl/N-ethyl adjacent to an activating group) is 1. The Labute approximate surface area is 196 Å². The molecule has 0 radical (unpaired) electrons. The van der Waals surface area contributed by atoms with Gasteiger partial charge in [-0.05, 0) is 51.5 Å². The van der Waals surface area contributed by atoms with Crippen molar-refractivity contribution in [2.75, 3.05) is 44.2 Å². The van der Waals surface area contributed by atoms with E-state index in [1.807, 2.05) is 19.1 Å². The highest BCUT2D eigenvalue weighted by atomic mass is 32.2. The standard InChI is InChI=1S/C25H34N3OS2/c1-5-27-24(29)23(31-25(27)30)15-14-20-16-18-26(22-13-10-9-12-21(20)22)17-11-19-28(6-2,7-3)8-4/h9-10,12-16,18H,5-8,11,17,19H2,1-4H3/q+1/b20-14+,23-15-. The number of rotatable bonds is 9. The van der Waals surface area contributed by atoms with Crippen molar-refractivity contribution in [2.24, 2.45) is 0 Å². The first kappa shape index (κ1) is 23.8. The van der Waals surface area contributed by atoms with E-state index in [2.05, 4.69) is 62.2 Å². The number of quaternary nitrogens is 1. The lowest BCUT2D eigenvalue weighted by Crippen LogP contribution is -2.48. The van der Waals surface area contributed by atoms with Gasteiger partial charge in [0, 0.05) is 37.0 Å². The molecule has 1 saturated heterocycles. The monoisotopic (exact) mass is 456 g/mol. The van der Waals surface area contributed by atoms with Gasteiger partial charge < -0.3 is 9.38 Å². The molecule has 0 saturated carbocycles. The van der Waals surface area contributed by atoms with Gasteiger partial charge in [-0.15, -0.1) is 0 Å². The van der Waals surface area contributed by atoms with E-state index in [4.69, 9.17) is 12.2 Å². The molecule has 0 atom stereocenters. The predicted octanol–water partition coefficient (Wildman–Crippen LogP) is 5.43. The van der Waals surface area contributed by atoms with Crippen LogP contribution in [0.15, 0.2) is 53.6 Å². The quantitative estimate of drug-likeness (QED) is 0.281. The topological polar surface area (TPSA) is 23.6 Å². The van der Waals surface area contributed by atoms with Gasteiger partial charge in [0.2, 0.25) is 0 Å². The number of thioether (sulfide) groups is 1. The molecular weight excluding hydrogens is 422 g/mol. The van der Waals surface area contributed by atoms with E-state index < -0.39 is 0 Å². The van der Waals surface area contributed by atoms with Gasteiger partial charge in [-0.2, -0.15) is 0 Å². The number of carbonyl (C=O) groups is 1. The van der Waals surface area contributed by atoms with Gasteiger partial charge in [0.25, 0.3) is 5.91 Å². The number of hydrogen-bond donors (Lipinski definition) is 0. The predicted molar refractivity (Wildman–Crippen MR) is 138 cm³/mol. The van der Waals surface area contributed by atoms with Crippen molar-refractivity contribution in [1.82, 2.24) is 4.90 Å². The van der Waals surface area contributed by atoms with Crippen LogP contribution in [0.1, 0.15) is 39.7 Å². The summed E-state index contributed by atoms with van der Waals surface area (Å²) in [6.45, 7) is 15.3. The molecule has 3 rings (SSSR count). The van der Waals surface area contributed by atoms with Crippen molar-refractivity contribution in [3.05, 3.63) is 59.2 Å². The average Bonchev–Trinajstić information content (AvgIpc) is 3.08. The van der Waals surface area contributed by atoms with Crippen LogP contribution < -0.4 is 4.90 Å². The van der Waals surface area contributed by atoms with Crippen LogP contribution >= 0.6 is 24.0 Å². The molecule has 2 heterocycles. The maximum atomic E-state index is 12.5. The molecule has 1 amide bonds. The minimum atomic E-state index is 0.00781. The Morgan fingerprint density at radius 1 is 1.06 bits per heavy atom. The minimum Gasteiger partial charge on any atom is -0.347 e. The molecule has 0 N–H and O–H groups in total. The van der Waals surface area contributed by atoms with Gasteiger partial charge in [-0.25, -0.2) is 0 Å². The Hall–Kier alpha value is -1.89. The van der Waals surface area contributed by atoms with Crippen molar-refractivity contribution in [2.45, 2.75) is 34.1 Å². The second kappa shape index (κ2) is 10.6. The summed E-state index contributed by atoms with van der Waals surface area (Å²) in [5.41, 5.74) is 3.55. The third-order valence-electron chi connectivity index (χ3n) is 6.61. The number of hydrogen-bond acceptors (Lipinski definition) is 4. The highest BCUT2D eigenvalue weighted by Gasteiger charge is 2.30. The average molecular weight is 457 g/mol. The van der Waals surface area contributed by atoms with Crippen LogP contribution in [0.2, 0.25) is 0 Å².